The quantitative estimate of drug-likeness (QED) is 0.728. The third kappa shape index (κ3) is 4.51. The monoisotopic (exact) mass is 266 g/mol. The van der Waals surface area contributed by atoms with Gasteiger partial charge < -0.3 is 19.5 Å². The molecule has 1 aromatic heterocycles. The van der Waals surface area contributed by atoms with Gasteiger partial charge >= 0.3 is 0 Å². The van der Waals surface area contributed by atoms with Crippen LogP contribution < -0.4 is 5.32 Å². The predicted octanol–water partition coefficient (Wildman–Crippen LogP) is 1.74. The molecule has 0 bridgehead atoms. The summed E-state index contributed by atoms with van der Waals surface area (Å²) >= 11 is 0. The van der Waals surface area contributed by atoms with E-state index in [0.29, 0.717) is 6.61 Å². The van der Waals surface area contributed by atoms with Crippen molar-refractivity contribution >= 4 is 5.95 Å². The van der Waals surface area contributed by atoms with Crippen LogP contribution in [0.4, 0.5) is 5.95 Å². The lowest BCUT2D eigenvalue weighted by Gasteiger charge is -2.15. The Hall–Kier alpha value is -1.07. The van der Waals surface area contributed by atoms with Crippen molar-refractivity contribution in [3.05, 3.63) is 11.9 Å². The SMILES string of the molecule is COCCNc1nc(C)cn1CCCN1CCCC1. The minimum atomic E-state index is 0.708. The van der Waals surface area contributed by atoms with Crippen LogP contribution in [0, 0.1) is 6.92 Å². The van der Waals surface area contributed by atoms with Gasteiger partial charge in [-0.1, -0.05) is 0 Å². The Balaban J connectivity index is 1.77. The van der Waals surface area contributed by atoms with E-state index in [1.54, 1.807) is 7.11 Å². The molecule has 19 heavy (non-hydrogen) atoms. The van der Waals surface area contributed by atoms with Crippen molar-refractivity contribution in [3.8, 4) is 0 Å². The van der Waals surface area contributed by atoms with E-state index in [1.807, 2.05) is 6.92 Å². The fraction of sp³-hybridized carbons (Fsp3) is 0.786. The van der Waals surface area contributed by atoms with Crippen LogP contribution in [-0.2, 0) is 11.3 Å². The lowest BCUT2D eigenvalue weighted by Crippen LogP contribution is -2.22. The maximum absolute atomic E-state index is 5.05. The number of aryl methyl sites for hydroxylation is 2. The summed E-state index contributed by atoms with van der Waals surface area (Å²) in [5, 5.41) is 3.33. The van der Waals surface area contributed by atoms with Crippen molar-refractivity contribution in [3.63, 3.8) is 0 Å². The Labute approximate surface area is 116 Å². The van der Waals surface area contributed by atoms with Crippen molar-refractivity contribution in [2.45, 2.75) is 32.7 Å². The normalized spacial score (nSPS) is 16.1. The molecule has 0 spiro atoms. The predicted molar refractivity (Wildman–Crippen MR) is 77.6 cm³/mol. The number of hydrogen-bond donors (Lipinski definition) is 1. The van der Waals surface area contributed by atoms with Gasteiger partial charge in [0.2, 0.25) is 5.95 Å². The molecular weight excluding hydrogens is 240 g/mol. The fourth-order valence-electron chi connectivity index (χ4n) is 2.59. The van der Waals surface area contributed by atoms with Gasteiger partial charge in [0.25, 0.3) is 0 Å². The first-order valence-electron chi connectivity index (χ1n) is 7.28. The van der Waals surface area contributed by atoms with Gasteiger partial charge in [0.05, 0.1) is 12.3 Å². The molecule has 0 aliphatic carbocycles. The highest BCUT2D eigenvalue weighted by atomic mass is 16.5. The van der Waals surface area contributed by atoms with Crippen LogP contribution in [0.15, 0.2) is 6.20 Å². The zero-order valence-corrected chi connectivity index (χ0v) is 12.2. The summed E-state index contributed by atoms with van der Waals surface area (Å²) in [6.45, 7) is 8.35. The summed E-state index contributed by atoms with van der Waals surface area (Å²) in [6.07, 6.45) is 6.05. The number of likely N-dealkylation sites (tertiary alicyclic amines) is 1. The molecule has 2 rings (SSSR count). The molecule has 0 amide bonds. The van der Waals surface area contributed by atoms with Crippen LogP contribution >= 0.6 is 0 Å². The molecule has 108 valence electrons. The van der Waals surface area contributed by atoms with Gasteiger partial charge in [-0.2, -0.15) is 0 Å². The van der Waals surface area contributed by atoms with Crippen molar-refractivity contribution in [2.24, 2.45) is 0 Å². The molecule has 0 aromatic carbocycles. The highest BCUT2D eigenvalue weighted by Gasteiger charge is 2.11. The van der Waals surface area contributed by atoms with Crippen molar-refractivity contribution < 1.29 is 4.74 Å². The van der Waals surface area contributed by atoms with Gasteiger partial charge in [0, 0.05) is 26.4 Å². The largest absolute Gasteiger partial charge is 0.383 e. The Kier molecular flexibility index (Phi) is 5.66. The average Bonchev–Trinajstić information content (AvgIpc) is 3.00. The highest BCUT2D eigenvalue weighted by molar-refractivity contribution is 5.28. The second-order valence-corrected chi connectivity index (χ2v) is 5.22. The van der Waals surface area contributed by atoms with Crippen molar-refractivity contribution in [1.29, 1.82) is 0 Å². The van der Waals surface area contributed by atoms with Gasteiger partial charge in [-0.05, 0) is 45.8 Å². The molecule has 1 N–H and O–H groups in total. The number of methoxy groups -OCH3 is 1. The number of nitrogens with one attached hydrogen (secondary N) is 1. The van der Waals surface area contributed by atoms with Gasteiger partial charge in [0.1, 0.15) is 0 Å². The van der Waals surface area contributed by atoms with Crippen LogP contribution in [0.5, 0.6) is 0 Å². The van der Waals surface area contributed by atoms with Gasteiger partial charge in [0.15, 0.2) is 0 Å². The Morgan fingerprint density at radius 2 is 2.11 bits per heavy atom. The van der Waals surface area contributed by atoms with Crippen LogP contribution in [0.1, 0.15) is 25.0 Å². The zero-order valence-electron chi connectivity index (χ0n) is 12.2. The molecule has 1 fully saturated rings. The van der Waals surface area contributed by atoms with E-state index in [0.717, 1.165) is 24.7 Å². The minimum absolute atomic E-state index is 0.708. The maximum Gasteiger partial charge on any atom is 0.203 e. The lowest BCUT2D eigenvalue weighted by molar-refractivity contribution is 0.210. The maximum atomic E-state index is 5.05. The molecule has 1 saturated heterocycles. The molecule has 2 heterocycles. The van der Waals surface area contributed by atoms with Gasteiger partial charge in [-0.3, -0.25) is 0 Å². The van der Waals surface area contributed by atoms with E-state index >= 15 is 0 Å². The molecule has 5 heteroatoms. The van der Waals surface area contributed by atoms with Crippen molar-refractivity contribution in [1.82, 2.24) is 14.5 Å². The number of anilines is 1. The van der Waals surface area contributed by atoms with E-state index in [-0.39, 0.29) is 0 Å². The Morgan fingerprint density at radius 3 is 2.84 bits per heavy atom. The summed E-state index contributed by atoms with van der Waals surface area (Å²) in [4.78, 5) is 7.07. The van der Waals surface area contributed by atoms with E-state index in [4.69, 9.17) is 4.74 Å². The molecule has 1 aliphatic rings. The molecular formula is C14H26N4O. The van der Waals surface area contributed by atoms with Crippen LogP contribution in [-0.4, -0.2) is 54.3 Å². The summed E-state index contributed by atoms with van der Waals surface area (Å²) in [5.41, 5.74) is 1.07. The minimum Gasteiger partial charge on any atom is -0.383 e. The van der Waals surface area contributed by atoms with Crippen LogP contribution in [0.3, 0.4) is 0 Å². The second-order valence-electron chi connectivity index (χ2n) is 5.22. The van der Waals surface area contributed by atoms with Gasteiger partial charge in [-0.15, -0.1) is 0 Å². The average molecular weight is 266 g/mol. The molecule has 0 unspecified atom stereocenters. The molecule has 1 aromatic rings. The van der Waals surface area contributed by atoms with E-state index in [2.05, 4.69) is 26.0 Å². The number of hydrogen-bond acceptors (Lipinski definition) is 4. The second kappa shape index (κ2) is 7.50. The number of aromatic nitrogens is 2. The lowest BCUT2D eigenvalue weighted by atomic mass is 10.4. The van der Waals surface area contributed by atoms with E-state index < -0.39 is 0 Å². The van der Waals surface area contributed by atoms with Gasteiger partial charge in [-0.25, -0.2) is 4.98 Å². The number of nitrogens with zero attached hydrogens (tertiary/aromatic N) is 3. The Morgan fingerprint density at radius 1 is 1.32 bits per heavy atom. The molecule has 1 aliphatic heterocycles. The molecule has 5 nitrogen and oxygen atoms in total. The standard InChI is InChI=1S/C14H26N4O/c1-13-12-18(14(16-13)15-6-11-19-2)10-5-9-17-7-3-4-8-17/h12H,3-11H2,1-2H3,(H,15,16). The van der Waals surface area contributed by atoms with Crippen LogP contribution in [0.2, 0.25) is 0 Å². The van der Waals surface area contributed by atoms with Crippen LogP contribution in [0.25, 0.3) is 0 Å². The highest BCUT2D eigenvalue weighted by Crippen LogP contribution is 2.11. The topological polar surface area (TPSA) is 42.3 Å². The fourth-order valence-corrected chi connectivity index (χ4v) is 2.59. The molecule has 0 saturated carbocycles. The number of rotatable bonds is 8. The third-order valence-corrected chi connectivity index (χ3v) is 3.56. The third-order valence-electron chi connectivity index (χ3n) is 3.56. The number of imidazole rings is 1. The summed E-state index contributed by atoms with van der Waals surface area (Å²) in [6, 6.07) is 0. The summed E-state index contributed by atoms with van der Waals surface area (Å²) < 4.78 is 7.28. The first-order chi connectivity index (χ1) is 9.29. The first-order valence-corrected chi connectivity index (χ1v) is 7.28. The van der Waals surface area contributed by atoms with E-state index in [9.17, 15) is 0 Å². The zero-order chi connectivity index (χ0) is 13.5. The Bertz CT molecular complexity index is 372. The molecule has 0 radical (unpaired) electrons. The number of ether oxygens (including phenoxy) is 1. The summed E-state index contributed by atoms with van der Waals surface area (Å²) in [7, 11) is 1.72. The smallest absolute Gasteiger partial charge is 0.203 e. The van der Waals surface area contributed by atoms with E-state index in [1.165, 1.54) is 38.9 Å². The first kappa shape index (κ1) is 14.3. The summed E-state index contributed by atoms with van der Waals surface area (Å²) in [5.74, 6) is 0.968. The molecule has 0 atom stereocenters. The van der Waals surface area contributed by atoms with Crippen molar-refractivity contribution in [2.75, 3.05) is 45.2 Å².